The van der Waals surface area contributed by atoms with Gasteiger partial charge in [-0.05, 0) is 31.5 Å². The quantitative estimate of drug-likeness (QED) is 0.849. The fourth-order valence-corrected chi connectivity index (χ4v) is 1.37. The van der Waals surface area contributed by atoms with Crippen molar-refractivity contribution in [2.75, 3.05) is 0 Å². The van der Waals surface area contributed by atoms with Crippen LogP contribution < -0.4 is 11.1 Å². The van der Waals surface area contributed by atoms with Crippen LogP contribution in [0.15, 0.2) is 24.3 Å². The van der Waals surface area contributed by atoms with Crippen molar-refractivity contribution in [1.29, 1.82) is 0 Å². The van der Waals surface area contributed by atoms with Gasteiger partial charge in [-0.3, -0.25) is 9.59 Å². The number of benzene rings is 1. The first-order chi connectivity index (χ1) is 7.81. The van der Waals surface area contributed by atoms with Crippen LogP contribution in [0.5, 0.6) is 0 Å². The maximum atomic E-state index is 11.7. The number of rotatable bonds is 4. The Morgan fingerprint density at radius 2 is 1.82 bits per heavy atom. The van der Waals surface area contributed by atoms with Gasteiger partial charge in [-0.15, -0.1) is 0 Å². The number of amides is 2. The van der Waals surface area contributed by atoms with Gasteiger partial charge in [-0.2, -0.15) is 0 Å². The van der Waals surface area contributed by atoms with Crippen molar-refractivity contribution < 1.29 is 9.59 Å². The van der Waals surface area contributed by atoms with Gasteiger partial charge in [0.2, 0.25) is 11.8 Å². The first-order valence-corrected chi connectivity index (χ1v) is 5.54. The Morgan fingerprint density at radius 3 is 2.29 bits per heavy atom. The van der Waals surface area contributed by atoms with Crippen LogP contribution in [-0.2, 0) is 16.0 Å². The molecule has 1 rings (SSSR count). The van der Waals surface area contributed by atoms with Gasteiger partial charge in [-0.25, -0.2) is 0 Å². The van der Waals surface area contributed by atoms with E-state index in [1.54, 1.807) is 38.1 Å². The fraction of sp³-hybridized carbons (Fsp3) is 0.333. The molecule has 0 aliphatic rings. The summed E-state index contributed by atoms with van der Waals surface area (Å²) in [6, 6.07) is 6.95. The summed E-state index contributed by atoms with van der Waals surface area (Å²) in [6.45, 7) is 3.13. The molecule has 0 radical (unpaired) electrons. The fourth-order valence-electron chi connectivity index (χ4n) is 1.24. The molecule has 0 saturated heterocycles. The molecule has 0 aliphatic carbocycles. The maximum absolute atomic E-state index is 11.7. The molecule has 3 N–H and O–H groups in total. The molecule has 5 heteroatoms. The van der Waals surface area contributed by atoms with E-state index in [-0.39, 0.29) is 12.3 Å². The standard InChI is InChI=1S/C12H15ClN2O2/c1-12(2,11(14)17)15-10(16)7-8-3-5-9(13)6-4-8/h3-6H,7H2,1-2H3,(H2,14,17)(H,15,16). The Kier molecular flexibility index (Phi) is 4.12. The third-order valence-corrected chi connectivity index (χ3v) is 2.60. The van der Waals surface area contributed by atoms with Gasteiger partial charge < -0.3 is 11.1 Å². The zero-order valence-corrected chi connectivity index (χ0v) is 10.5. The molecule has 0 heterocycles. The second-order valence-corrected chi connectivity index (χ2v) is 4.78. The van der Waals surface area contributed by atoms with Gasteiger partial charge in [0.25, 0.3) is 0 Å². The maximum Gasteiger partial charge on any atom is 0.242 e. The zero-order valence-electron chi connectivity index (χ0n) is 9.79. The minimum atomic E-state index is -1.04. The molecule has 1 aromatic carbocycles. The van der Waals surface area contributed by atoms with E-state index in [0.717, 1.165) is 5.56 Å². The predicted molar refractivity (Wildman–Crippen MR) is 66.6 cm³/mol. The number of hydrogen-bond acceptors (Lipinski definition) is 2. The van der Waals surface area contributed by atoms with E-state index in [1.807, 2.05) is 0 Å². The summed E-state index contributed by atoms with van der Waals surface area (Å²) in [5, 5.41) is 3.19. The molecule has 92 valence electrons. The summed E-state index contributed by atoms with van der Waals surface area (Å²) in [6.07, 6.45) is 0.188. The highest BCUT2D eigenvalue weighted by atomic mass is 35.5. The average molecular weight is 255 g/mol. The van der Waals surface area contributed by atoms with Crippen molar-refractivity contribution in [2.24, 2.45) is 5.73 Å². The lowest BCUT2D eigenvalue weighted by atomic mass is 10.0. The summed E-state index contributed by atoms with van der Waals surface area (Å²) >= 11 is 5.73. The summed E-state index contributed by atoms with van der Waals surface area (Å²) < 4.78 is 0. The lowest BCUT2D eigenvalue weighted by Gasteiger charge is -2.22. The van der Waals surface area contributed by atoms with E-state index >= 15 is 0 Å². The van der Waals surface area contributed by atoms with Gasteiger partial charge >= 0.3 is 0 Å². The highest BCUT2D eigenvalue weighted by molar-refractivity contribution is 6.30. The van der Waals surface area contributed by atoms with Crippen LogP contribution in [0.25, 0.3) is 0 Å². The minimum Gasteiger partial charge on any atom is -0.368 e. The average Bonchev–Trinajstić information content (AvgIpc) is 2.20. The van der Waals surface area contributed by atoms with Crippen LogP contribution >= 0.6 is 11.6 Å². The SMILES string of the molecule is CC(C)(NC(=O)Cc1ccc(Cl)cc1)C(N)=O. The highest BCUT2D eigenvalue weighted by Gasteiger charge is 2.26. The summed E-state index contributed by atoms with van der Waals surface area (Å²) in [5.74, 6) is -0.821. The number of hydrogen-bond donors (Lipinski definition) is 2. The van der Waals surface area contributed by atoms with Crippen molar-refractivity contribution in [3.63, 3.8) is 0 Å². The molecular formula is C12H15ClN2O2. The lowest BCUT2D eigenvalue weighted by Crippen LogP contribution is -2.53. The molecule has 4 nitrogen and oxygen atoms in total. The van der Waals surface area contributed by atoms with Crippen LogP contribution in [0.1, 0.15) is 19.4 Å². The van der Waals surface area contributed by atoms with Gasteiger partial charge in [0.15, 0.2) is 0 Å². The largest absolute Gasteiger partial charge is 0.368 e. The molecule has 0 aliphatic heterocycles. The summed E-state index contributed by atoms with van der Waals surface area (Å²) in [4.78, 5) is 22.7. The Hall–Kier alpha value is -1.55. The van der Waals surface area contributed by atoms with E-state index in [2.05, 4.69) is 5.32 Å². The molecule has 0 fully saturated rings. The topological polar surface area (TPSA) is 72.2 Å². The van der Waals surface area contributed by atoms with Gasteiger partial charge in [0.05, 0.1) is 6.42 Å². The van der Waals surface area contributed by atoms with Gasteiger partial charge in [0.1, 0.15) is 5.54 Å². The Morgan fingerprint density at radius 1 is 1.29 bits per heavy atom. The second-order valence-electron chi connectivity index (χ2n) is 4.34. The van der Waals surface area contributed by atoms with E-state index < -0.39 is 11.4 Å². The number of halogens is 1. The van der Waals surface area contributed by atoms with Crippen LogP contribution in [0.2, 0.25) is 5.02 Å². The first-order valence-electron chi connectivity index (χ1n) is 5.16. The molecule has 0 spiro atoms. The predicted octanol–water partition coefficient (Wildman–Crippen LogP) is 1.26. The molecule has 0 aromatic heterocycles. The van der Waals surface area contributed by atoms with Crippen LogP contribution in [-0.4, -0.2) is 17.4 Å². The molecule has 0 unspecified atom stereocenters. The molecule has 1 aromatic rings. The van der Waals surface area contributed by atoms with Gasteiger partial charge in [0, 0.05) is 5.02 Å². The smallest absolute Gasteiger partial charge is 0.242 e. The van der Waals surface area contributed by atoms with E-state index in [0.29, 0.717) is 5.02 Å². The van der Waals surface area contributed by atoms with Crippen molar-refractivity contribution in [2.45, 2.75) is 25.8 Å². The molecule has 0 saturated carbocycles. The van der Waals surface area contributed by atoms with Crippen molar-refractivity contribution in [3.05, 3.63) is 34.9 Å². The number of nitrogens with one attached hydrogen (secondary N) is 1. The van der Waals surface area contributed by atoms with E-state index in [1.165, 1.54) is 0 Å². The normalized spacial score (nSPS) is 11.0. The number of carbonyl (C=O) groups is 2. The Bertz CT molecular complexity index is 427. The summed E-state index contributed by atoms with van der Waals surface area (Å²) in [7, 11) is 0. The molecule has 0 bridgehead atoms. The van der Waals surface area contributed by atoms with Crippen molar-refractivity contribution >= 4 is 23.4 Å². The number of carbonyl (C=O) groups excluding carboxylic acids is 2. The van der Waals surface area contributed by atoms with Crippen LogP contribution in [0.4, 0.5) is 0 Å². The molecule has 17 heavy (non-hydrogen) atoms. The minimum absolute atomic E-state index is 0.188. The summed E-state index contributed by atoms with van der Waals surface area (Å²) in [5.41, 5.74) is 4.95. The van der Waals surface area contributed by atoms with Crippen LogP contribution in [0, 0.1) is 0 Å². The Balaban J connectivity index is 2.62. The zero-order chi connectivity index (χ0) is 13.1. The molecule has 0 atom stereocenters. The Labute approximate surface area is 105 Å². The highest BCUT2D eigenvalue weighted by Crippen LogP contribution is 2.10. The third-order valence-electron chi connectivity index (χ3n) is 2.35. The number of nitrogens with two attached hydrogens (primary N) is 1. The third kappa shape index (κ3) is 4.07. The monoisotopic (exact) mass is 254 g/mol. The van der Waals surface area contributed by atoms with Gasteiger partial charge in [-0.1, -0.05) is 23.7 Å². The van der Waals surface area contributed by atoms with Crippen molar-refractivity contribution in [3.8, 4) is 0 Å². The van der Waals surface area contributed by atoms with Crippen LogP contribution in [0.3, 0.4) is 0 Å². The number of primary amides is 1. The second kappa shape index (κ2) is 5.19. The van der Waals surface area contributed by atoms with E-state index in [4.69, 9.17) is 17.3 Å². The lowest BCUT2D eigenvalue weighted by molar-refractivity contribution is -0.130. The first kappa shape index (κ1) is 13.5. The van der Waals surface area contributed by atoms with E-state index in [9.17, 15) is 9.59 Å². The molecule has 2 amide bonds. The van der Waals surface area contributed by atoms with Crippen molar-refractivity contribution in [1.82, 2.24) is 5.32 Å². The molecular weight excluding hydrogens is 240 g/mol.